The van der Waals surface area contributed by atoms with Crippen LogP contribution in [0.15, 0.2) is 13.6 Å². The van der Waals surface area contributed by atoms with E-state index >= 15 is 0 Å². The van der Waals surface area contributed by atoms with E-state index in [1.807, 2.05) is 0 Å². The number of carbonyl (C=O) groups excluding carboxylic acids is 1. The van der Waals surface area contributed by atoms with Gasteiger partial charge in [0.05, 0.1) is 6.61 Å². The molecule has 2 unspecified atom stereocenters. The third-order valence-electron chi connectivity index (χ3n) is 3.39. The van der Waals surface area contributed by atoms with E-state index < -0.39 is 37.8 Å². The maximum absolute atomic E-state index is 13.4. The lowest BCUT2D eigenvalue weighted by Gasteiger charge is -2.24. The van der Waals surface area contributed by atoms with Gasteiger partial charge < -0.3 is 18.9 Å². The first kappa shape index (κ1) is 24.8. The molecule has 0 saturated heterocycles. The van der Waals surface area contributed by atoms with Crippen LogP contribution in [0, 0.1) is 0 Å². The highest BCUT2D eigenvalue weighted by atomic mass is 32.2. The lowest BCUT2D eigenvalue weighted by atomic mass is 10.1. The number of hydrogen-bond acceptors (Lipinski definition) is 7. The molecule has 0 fully saturated rings. The minimum absolute atomic E-state index is 0.0185. The van der Waals surface area contributed by atoms with Crippen molar-refractivity contribution in [2.24, 2.45) is 0 Å². The van der Waals surface area contributed by atoms with Crippen LogP contribution in [0.25, 0.3) is 0 Å². The van der Waals surface area contributed by atoms with Crippen LogP contribution >= 0.6 is 24.0 Å². The maximum atomic E-state index is 13.4. The van der Waals surface area contributed by atoms with E-state index in [-0.39, 0.29) is 21.8 Å². The first-order valence-electron chi connectivity index (χ1n) is 8.53. The molecule has 28 heavy (non-hydrogen) atoms. The minimum atomic E-state index is -4.86. The van der Waals surface area contributed by atoms with Crippen LogP contribution in [-0.4, -0.2) is 36.4 Å². The van der Waals surface area contributed by atoms with Gasteiger partial charge in [-0.05, 0) is 25.2 Å². The summed E-state index contributed by atoms with van der Waals surface area (Å²) in [4.78, 5) is 22.8. The van der Waals surface area contributed by atoms with Gasteiger partial charge in [0, 0.05) is 26.7 Å². The summed E-state index contributed by atoms with van der Waals surface area (Å²) in [6.45, 7) is 9.40. The number of ether oxygens (including phenoxy) is 1. The highest BCUT2D eigenvalue weighted by Gasteiger charge is 2.46. The van der Waals surface area contributed by atoms with Crippen LogP contribution in [0.2, 0.25) is 25.7 Å². The fourth-order valence-electron chi connectivity index (χ4n) is 2.51. The van der Waals surface area contributed by atoms with Crippen molar-refractivity contribution < 1.29 is 31.5 Å². The molecule has 2 atom stereocenters. The van der Waals surface area contributed by atoms with Crippen LogP contribution < -0.4 is 11.1 Å². The highest BCUT2D eigenvalue weighted by molar-refractivity contribution is 8.23. The number of halogens is 3. The fourth-order valence-corrected chi connectivity index (χ4v) is 7.08. The zero-order valence-corrected chi connectivity index (χ0v) is 18.9. The van der Waals surface area contributed by atoms with Crippen molar-refractivity contribution in [3.05, 3.63) is 22.1 Å². The molecule has 0 aliphatic carbocycles. The molecule has 1 heterocycles. The van der Waals surface area contributed by atoms with Gasteiger partial charge in [0.25, 0.3) is 0 Å². The van der Waals surface area contributed by atoms with Gasteiger partial charge in [0.2, 0.25) is 10.3 Å². The average Bonchev–Trinajstić information content (AvgIpc) is 2.81. The van der Waals surface area contributed by atoms with E-state index in [0.29, 0.717) is 12.7 Å². The normalized spacial score (nSPS) is 14.4. The molecule has 1 aromatic heterocycles. The largest absolute Gasteiger partial charge is 0.519 e. The smallest absolute Gasteiger partial charge is 0.479 e. The number of thioether (sulfide) groups is 1. The van der Waals surface area contributed by atoms with Gasteiger partial charge in [0.1, 0.15) is 0 Å². The molecule has 0 spiro atoms. The Morgan fingerprint density at radius 3 is 2.39 bits per heavy atom. The molecule has 0 aliphatic rings. The summed E-state index contributed by atoms with van der Waals surface area (Å²) in [6, 6.07) is -1.78. The molecular formula is C16H24F3NO5S2Si. The molecule has 1 rings (SSSR count). The van der Waals surface area contributed by atoms with Crippen molar-refractivity contribution >= 4 is 42.3 Å². The summed E-state index contributed by atoms with van der Waals surface area (Å²) < 4.78 is 55.4. The second-order valence-electron chi connectivity index (χ2n) is 7.31. The Balaban J connectivity index is 3.23. The summed E-state index contributed by atoms with van der Waals surface area (Å²) >= 11 is 6.36. The summed E-state index contributed by atoms with van der Waals surface area (Å²) in [7, 11) is -1.64. The Bertz CT molecular complexity index is 742. The van der Waals surface area contributed by atoms with E-state index in [1.54, 1.807) is 12.2 Å². The molecular weight excluding hydrogens is 435 g/mol. The Kier molecular flexibility index (Phi) is 8.82. The summed E-state index contributed by atoms with van der Waals surface area (Å²) in [5.74, 6) is -3.16. The molecule has 6 nitrogen and oxygen atoms in total. The number of thiocarbonyl (C=S) groups is 1. The number of carbonyl (C=O) groups is 1. The summed E-state index contributed by atoms with van der Waals surface area (Å²) in [6.07, 6.45) is -4.88. The first-order chi connectivity index (χ1) is 12.7. The molecule has 1 amide bonds. The van der Waals surface area contributed by atoms with E-state index in [2.05, 4.69) is 24.1 Å². The zero-order chi connectivity index (χ0) is 21.7. The molecule has 160 valence electrons. The molecule has 0 aliphatic heterocycles. The third-order valence-corrected chi connectivity index (χ3v) is 6.79. The zero-order valence-electron chi connectivity index (χ0n) is 16.3. The van der Waals surface area contributed by atoms with Crippen molar-refractivity contribution in [2.75, 3.05) is 6.61 Å². The van der Waals surface area contributed by atoms with Gasteiger partial charge in [-0.25, -0.2) is 4.79 Å². The molecule has 0 aromatic carbocycles. The number of alkyl halides is 3. The molecule has 1 aromatic rings. The molecule has 1 N–H and O–H groups in total. The first-order valence-corrected chi connectivity index (χ1v) is 13.5. The predicted molar refractivity (Wildman–Crippen MR) is 107 cm³/mol. The van der Waals surface area contributed by atoms with E-state index in [9.17, 15) is 22.8 Å². The van der Waals surface area contributed by atoms with Crippen LogP contribution in [-0.2, 0) is 16.0 Å². The second-order valence-corrected chi connectivity index (χ2v) is 14.7. The van der Waals surface area contributed by atoms with Crippen molar-refractivity contribution in [1.29, 1.82) is 0 Å². The van der Waals surface area contributed by atoms with Crippen LogP contribution in [0.4, 0.5) is 13.2 Å². The van der Waals surface area contributed by atoms with E-state index in [4.69, 9.17) is 21.4 Å². The SMILES string of the molecule is CCOC(=S)SC(Cc1oc(=O)oc1C(NC(C)=O)C(F)(F)F)C[Si](C)(C)C. The van der Waals surface area contributed by atoms with E-state index in [1.165, 1.54) is 11.8 Å². The minimum Gasteiger partial charge on any atom is -0.479 e. The Hall–Kier alpha value is -1.27. The number of hydrogen-bond donors (Lipinski definition) is 1. The number of rotatable bonds is 8. The lowest BCUT2D eigenvalue weighted by Crippen LogP contribution is -2.37. The van der Waals surface area contributed by atoms with Gasteiger partial charge in [-0.2, -0.15) is 13.2 Å². The van der Waals surface area contributed by atoms with Gasteiger partial charge >= 0.3 is 12.0 Å². The van der Waals surface area contributed by atoms with Gasteiger partial charge in [-0.1, -0.05) is 31.4 Å². The van der Waals surface area contributed by atoms with Crippen molar-refractivity contribution in [2.45, 2.75) is 63.4 Å². The van der Waals surface area contributed by atoms with Crippen LogP contribution in [0.1, 0.15) is 31.4 Å². The van der Waals surface area contributed by atoms with Gasteiger partial charge in [-0.15, -0.1) is 0 Å². The van der Waals surface area contributed by atoms with Gasteiger partial charge in [0.15, 0.2) is 17.6 Å². The van der Waals surface area contributed by atoms with Crippen LogP contribution in [0.5, 0.6) is 0 Å². The lowest BCUT2D eigenvalue weighted by molar-refractivity contribution is -0.166. The molecule has 0 radical (unpaired) electrons. The number of amides is 1. The number of nitrogens with one attached hydrogen (secondary N) is 1. The highest BCUT2D eigenvalue weighted by Crippen LogP contribution is 2.36. The monoisotopic (exact) mass is 459 g/mol. The summed E-state index contributed by atoms with van der Waals surface area (Å²) in [5, 5.41) is 1.50. The Morgan fingerprint density at radius 1 is 1.32 bits per heavy atom. The standard InChI is InChI=1S/C16H24F3NO5S2Si/c1-6-23-15(26)27-10(8-28(3,4)5)7-11-12(25-14(22)24-11)13(16(17,18)19)20-9(2)21/h10,13H,6-8H2,1-5H3,(H,20,21). The quantitative estimate of drug-likeness (QED) is 0.459. The molecule has 0 saturated carbocycles. The van der Waals surface area contributed by atoms with Crippen molar-refractivity contribution in [3.8, 4) is 0 Å². The van der Waals surface area contributed by atoms with Crippen LogP contribution in [0.3, 0.4) is 0 Å². The molecule has 12 heteroatoms. The fraction of sp³-hybridized carbons (Fsp3) is 0.688. The predicted octanol–water partition coefficient (Wildman–Crippen LogP) is 4.28. The summed E-state index contributed by atoms with van der Waals surface area (Å²) in [5.41, 5.74) is 0. The Morgan fingerprint density at radius 2 is 1.93 bits per heavy atom. The van der Waals surface area contributed by atoms with Gasteiger partial charge in [-0.3, -0.25) is 4.79 Å². The van der Waals surface area contributed by atoms with E-state index in [0.717, 1.165) is 6.92 Å². The second kappa shape index (κ2) is 9.97. The topological polar surface area (TPSA) is 81.7 Å². The Labute approximate surface area is 171 Å². The average molecular weight is 460 g/mol. The van der Waals surface area contributed by atoms with Crippen molar-refractivity contribution in [1.82, 2.24) is 5.32 Å². The molecule has 0 bridgehead atoms. The van der Waals surface area contributed by atoms with Crippen molar-refractivity contribution in [3.63, 3.8) is 0 Å². The third kappa shape index (κ3) is 8.39. The maximum Gasteiger partial charge on any atom is 0.519 e.